The molecule has 1 nitrogen and oxygen atoms in total. The second-order valence-electron chi connectivity index (χ2n) is 4.87. The van der Waals surface area contributed by atoms with Gasteiger partial charge in [0.05, 0.1) is 0 Å². The number of fused-ring (bicyclic) bond motifs is 1. The first-order valence-corrected chi connectivity index (χ1v) is 7.26. The summed E-state index contributed by atoms with van der Waals surface area (Å²) < 4.78 is 7.21. The van der Waals surface area contributed by atoms with Crippen LogP contribution in [0.1, 0.15) is 16.7 Å². The zero-order valence-corrected chi connectivity index (χ0v) is 12.0. The Bertz CT molecular complexity index is 712. The molecule has 96 valence electrons. The third-order valence-electron chi connectivity index (χ3n) is 3.19. The zero-order valence-electron chi connectivity index (χ0n) is 11.1. The van der Waals surface area contributed by atoms with Crippen LogP contribution in [0.3, 0.4) is 0 Å². The Balaban J connectivity index is 1.84. The van der Waals surface area contributed by atoms with Gasteiger partial charge >= 0.3 is 0 Å². The first-order chi connectivity index (χ1) is 9.22. The van der Waals surface area contributed by atoms with Crippen LogP contribution in [0.25, 0.3) is 10.1 Å². The van der Waals surface area contributed by atoms with Crippen molar-refractivity contribution in [3.63, 3.8) is 0 Å². The van der Waals surface area contributed by atoms with Crippen LogP contribution < -0.4 is 4.74 Å². The lowest BCUT2D eigenvalue weighted by molar-refractivity contribution is 0.308. The van der Waals surface area contributed by atoms with Crippen molar-refractivity contribution in [2.45, 2.75) is 20.5 Å². The van der Waals surface area contributed by atoms with Crippen molar-refractivity contribution in [2.24, 2.45) is 0 Å². The van der Waals surface area contributed by atoms with Gasteiger partial charge in [0.1, 0.15) is 12.4 Å². The summed E-state index contributed by atoms with van der Waals surface area (Å²) in [4.78, 5) is 0. The molecule has 0 saturated carbocycles. The van der Waals surface area contributed by atoms with Crippen LogP contribution in [0.15, 0.2) is 47.8 Å². The van der Waals surface area contributed by atoms with Gasteiger partial charge in [0, 0.05) is 10.3 Å². The minimum Gasteiger partial charge on any atom is -0.489 e. The SMILES string of the molecule is Cc1cccc(OCc2csc3ccc(C)cc23)c1. The van der Waals surface area contributed by atoms with Crippen LogP contribution in [0.5, 0.6) is 5.75 Å². The number of thiophene rings is 1. The molecule has 19 heavy (non-hydrogen) atoms. The molecule has 0 spiro atoms. The van der Waals surface area contributed by atoms with Gasteiger partial charge in [0.25, 0.3) is 0 Å². The van der Waals surface area contributed by atoms with Crippen LogP contribution >= 0.6 is 11.3 Å². The zero-order chi connectivity index (χ0) is 13.2. The lowest BCUT2D eigenvalue weighted by atomic mass is 10.1. The van der Waals surface area contributed by atoms with E-state index in [1.165, 1.54) is 26.8 Å². The Hall–Kier alpha value is -1.80. The molecule has 0 aliphatic carbocycles. The molecule has 2 aromatic carbocycles. The molecule has 0 aliphatic rings. The highest BCUT2D eigenvalue weighted by Gasteiger charge is 2.05. The maximum absolute atomic E-state index is 5.89. The van der Waals surface area contributed by atoms with Gasteiger partial charge in [-0.25, -0.2) is 0 Å². The lowest BCUT2D eigenvalue weighted by Gasteiger charge is -2.06. The average molecular weight is 268 g/mol. The fourth-order valence-electron chi connectivity index (χ4n) is 2.17. The smallest absolute Gasteiger partial charge is 0.120 e. The van der Waals surface area contributed by atoms with E-state index < -0.39 is 0 Å². The van der Waals surface area contributed by atoms with E-state index in [0.717, 1.165) is 5.75 Å². The Labute approximate surface area is 117 Å². The van der Waals surface area contributed by atoms with E-state index in [1.54, 1.807) is 11.3 Å². The summed E-state index contributed by atoms with van der Waals surface area (Å²) in [7, 11) is 0. The third-order valence-corrected chi connectivity index (χ3v) is 4.21. The first-order valence-electron chi connectivity index (χ1n) is 6.38. The van der Waals surface area contributed by atoms with Gasteiger partial charge in [-0.15, -0.1) is 11.3 Å². The number of hydrogen-bond acceptors (Lipinski definition) is 2. The molecular weight excluding hydrogens is 252 g/mol. The summed E-state index contributed by atoms with van der Waals surface area (Å²) in [5.41, 5.74) is 3.79. The van der Waals surface area contributed by atoms with E-state index in [2.05, 4.69) is 49.6 Å². The maximum atomic E-state index is 5.89. The Kier molecular flexibility index (Phi) is 3.26. The summed E-state index contributed by atoms with van der Waals surface area (Å²) in [6.07, 6.45) is 0. The maximum Gasteiger partial charge on any atom is 0.120 e. The molecule has 1 aromatic heterocycles. The Morgan fingerprint density at radius 2 is 1.84 bits per heavy atom. The second-order valence-corrected chi connectivity index (χ2v) is 5.78. The molecule has 0 saturated heterocycles. The molecule has 0 amide bonds. The van der Waals surface area contributed by atoms with Crippen molar-refractivity contribution >= 4 is 21.4 Å². The molecule has 1 heterocycles. The molecule has 0 aliphatic heterocycles. The fourth-order valence-corrected chi connectivity index (χ4v) is 3.10. The normalized spacial score (nSPS) is 10.8. The summed E-state index contributed by atoms with van der Waals surface area (Å²) in [6.45, 7) is 4.84. The summed E-state index contributed by atoms with van der Waals surface area (Å²) in [5.74, 6) is 0.937. The minimum absolute atomic E-state index is 0.632. The van der Waals surface area contributed by atoms with E-state index in [9.17, 15) is 0 Å². The summed E-state index contributed by atoms with van der Waals surface area (Å²) >= 11 is 1.78. The number of rotatable bonds is 3. The van der Waals surface area contributed by atoms with Gasteiger partial charge < -0.3 is 4.74 Å². The number of hydrogen-bond donors (Lipinski definition) is 0. The van der Waals surface area contributed by atoms with Crippen LogP contribution in [-0.4, -0.2) is 0 Å². The van der Waals surface area contributed by atoms with Gasteiger partial charge in [-0.05, 0) is 48.4 Å². The van der Waals surface area contributed by atoms with Crippen molar-refractivity contribution in [3.8, 4) is 5.75 Å². The summed E-state index contributed by atoms with van der Waals surface area (Å²) in [6, 6.07) is 14.8. The van der Waals surface area contributed by atoms with Gasteiger partial charge in [-0.2, -0.15) is 0 Å². The molecule has 0 atom stereocenters. The second kappa shape index (κ2) is 5.06. The summed E-state index contributed by atoms with van der Waals surface area (Å²) in [5, 5.41) is 3.51. The fraction of sp³-hybridized carbons (Fsp3) is 0.176. The average Bonchev–Trinajstić information content (AvgIpc) is 2.79. The number of ether oxygens (including phenoxy) is 1. The third kappa shape index (κ3) is 2.64. The Morgan fingerprint density at radius 3 is 2.68 bits per heavy atom. The van der Waals surface area contributed by atoms with E-state index >= 15 is 0 Å². The van der Waals surface area contributed by atoms with Crippen LogP contribution in [0.2, 0.25) is 0 Å². The van der Waals surface area contributed by atoms with Gasteiger partial charge in [-0.3, -0.25) is 0 Å². The molecule has 0 radical (unpaired) electrons. The van der Waals surface area contributed by atoms with Gasteiger partial charge in [-0.1, -0.05) is 29.8 Å². The van der Waals surface area contributed by atoms with E-state index in [1.807, 2.05) is 12.1 Å². The first kappa shape index (κ1) is 12.2. The molecule has 0 fully saturated rings. The predicted molar refractivity (Wildman–Crippen MR) is 82.1 cm³/mol. The number of benzene rings is 2. The molecule has 0 N–H and O–H groups in total. The highest BCUT2D eigenvalue weighted by Crippen LogP contribution is 2.28. The highest BCUT2D eigenvalue weighted by atomic mass is 32.1. The molecule has 3 rings (SSSR count). The standard InChI is InChI=1S/C17H16OS/c1-12-4-3-5-15(8-12)18-10-14-11-19-17-7-6-13(2)9-16(14)17/h3-9,11H,10H2,1-2H3. The van der Waals surface area contributed by atoms with Crippen molar-refractivity contribution in [1.29, 1.82) is 0 Å². The van der Waals surface area contributed by atoms with Crippen LogP contribution in [-0.2, 0) is 6.61 Å². The topological polar surface area (TPSA) is 9.23 Å². The quantitative estimate of drug-likeness (QED) is 0.642. The van der Waals surface area contributed by atoms with Gasteiger partial charge in [0.2, 0.25) is 0 Å². The molecular formula is C17H16OS. The molecule has 3 aromatic rings. The largest absolute Gasteiger partial charge is 0.489 e. The molecule has 0 bridgehead atoms. The van der Waals surface area contributed by atoms with Crippen LogP contribution in [0.4, 0.5) is 0 Å². The molecule has 0 unspecified atom stereocenters. The van der Waals surface area contributed by atoms with Crippen molar-refractivity contribution in [1.82, 2.24) is 0 Å². The van der Waals surface area contributed by atoms with Crippen LogP contribution in [0, 0.1) is 13.8 Å². The highest BCUT2D eigenvalue weighted by molar-refractivity contribution is 7.17. The van der Waals surface area contributed by atoms with Gasteiger partial charge in [0.15, 0.2) is 0 Å². The minimum atomic E-state index is 0.632. The van der Waals surface area contributed by atoms with E-state index in [-0.39, 0.29) is 0 Å². The molecule has 2 heteroatoms. The lowest BCUT2D eigenvalue weighted by Crippen LogP contribution is -1.94. The Morgan fingerprint density at radius 1 is 1.00 bits per heavy atom. The van der Waals surface area contributed by atoms with E-state index in [0.29, 0.717) is 6.61 Å². The predicted octanol–water partition coefficient (Wildman–Crippen LogP) is 5.10. The van der Waals surface area contributed by atoms with Crippen molar-refractivity contribution in [3.05, 3.63) is 64.5 Å². The van der Waals surface area contributed by atoms with E-state index in [4.69, 9.17) is 4.74 Å². The van der Waals surface area contributed by atoms with Crippen molar-refractivity contribution in [2.75, 3.05) is 0 Å². The van der Waals surface area contributed by atoms with Crippen molar-refractivity contribution < 1.29 is 4.74 Å². The number of aryl methyl sites for hydroxylation is 2. The monoisotopic (exact) mass is 268 g/mol.